The summed E-state index contributed by atoms with van der Waals surface area (Å²) in [6.45, 7) is 0.441. The zero-order valence-corrected chi connectivity index (χ0v) is 14.9. The van der Waals surface area contributed by atoms with Gasteiger partial charge in [0.2, 0.25) is 5.91 Å². The summed E-state index contributed by atoms with van der Waals surface area (Å²) in [6, 6.07) is 11.8. The number of carbonyl (C=O) groups is 1. The van der Waals surface area contributed by atoms with E-state index >= 15 is 0 Å². The third kappa shape index (κ3) is 4.48. The first kappa shape index (κ1) is 19.2. The number of hydrogen-bond donors (Lipinski definition) is 2. The Morgan fingerprint density at radius 2 is 1.92 bits per heavy atom. The summed E-state index contributed by atoms with van der Waals surface area (Å²) in [5, 5.41) is 14.4. The van der Waals surface area contributed by atoms with Crippen LogP contribution in [0.25, 0.3) is 0 Å². The zero-order valence-electron chi connectivity index (χ0n) is 14.9. The highest BCUT2D eigenvalue weighted by molar-refractivity contribution is 5.94. The molecular formula is C18H22N4O4. The number of nitrogens with zero attached hydrogens (tertiary/aromatic N) is 2. The molecule has 0 aliphatic carbocycles. The lowest BCUT2D eigenvalue weighted by Gasteiger charge is -2.25. The number of likely N-dealkylation sites (N-methyl/N-ethyl adjacent to an activating group) is 1. The van der Waals surface area contributed by atoms with E-state index in [2.05, 4.69) is 5.32 Å². The Kier molecular flexibility index (Phi) is 6.13. The van der Waals surface area contributed by atoms with Crippen molar-refractivity contribution in [1.82, 2.24) is 4.90 Å². The summed E-state index contributed by atoms with van der Waals surface area (Å²) in [5.74, 6) is 0.0564. The molecular weight excluding hydrogens is 336 g/mol. The average Bonchev–Trinajstić information content (AvgIpc) is 2.62. The average molecular weight is 358 g/mol. The number of nitrogens with two attached hydrogens (primary N) is 1. The van der Waals surface area contributed by atoms with Gasteiger partial charge in [-0.1, -0.05) is 12.1 Å². The van der Waals surface area contributed by atoms with Crippen molar-refractivity contribution in [2.75, 3.05) is 33.1 Å². The van der Waals surface area contributed by atoms with E-state index in [0.717, 1.165) is 11.3 Å². The lowest BCUT2D eigenvalue weighted by molar-refractivity contribution is -0.384. The molecule has 1 atom stereocenters. The smallest absolute Gasteiger partial charge is 0.293 e. The number of methoxy groups -OCH3 is 1. The summed E-state index contributed by atoms with van der Waals surface area (Å²) in [7, 11) is 5.47. The number of ether oxygens (including phenoxy) is 1. The molecule has 8 heteroatoms. The quantitative estimate of drug-likeness (QED) is 0.554. The zero-order chi connectivity index (χ0) is 19.3. The molecule has 0 saturated heterocycles. The maximum Gasteiger partial charge on any atom is 0.293 e. The second-order valence-electron chi connectivity index (χ2n) is 5.99. The summed E-state index contributed by atoms with van der Waals surface area (Å²) in [6.07, 6.45) is 0. The van der Waals surface area contributed by atoms with Crippen LogP contribution in [0.1, 0.15) is 22.0 Å². The Balaban J connectivity index is 2.23. The standard InChI is InChI=1S/C18H22N4O4/c1-21(2)17(12-4-7-14(26-3)8-5-12)11-20-15-9-6-13(18(19)23)10-16(15)22(24)25/h4-10,17,20H,11H2,1-3H3,(H2,19,23). The number of nitro benzene ring substituents is 1. The maximum absolute atomic E-state index is 11.3. The molecule has 0 bridgehead atoms. The van der Waals surface area contributed by atoms with Crippen molar-refractivity contribution in [3.05, 3.63) is 63.7 Å². The van der Waals surface area contributed by atoms with Crippen LogP contribution in [0.15, 0.2) is 42.5 Å². The summed E-state index contributed by atoms with van der Waals surface area (Å²) in [4.78, 5) is 24.0. The predicted octanol–water partition coefficient (Wildman–Crippen LogP) is 2.42. The molecule has 2 aromatic carbocycles. The highest BCUT2D eigenvalue weighted by Crippen LogP contribution is 2.28. The molecule has 0 aromatic heterocycles. The van der Waals surface area contributed by atoms with Gasteiger partial charge in [-0.3, -0.25) is 14.9 Å². The summed E-state index contributed by atoms with van der Waals surface area (Å²) >= 11 is 0. The van der Waals surface area contributed by atoms with Crippen LogP contribution in [-0.2, 0) is 0 Å². The number of anilines is 1. The molecule has 26 heavy (non-hydrogen) atoms. The lowest BCUT2D eigenvalue weighted by atomic mass is 10.1. The van der Waals surface area contributed by atoms with Crippen LogP contribution < -0.4 is 15.8 Å². The normalized spacial score (nSPS) is 11.8. The van der Waals surface area contributed by atoms with E-state index < -0.39 is 10.8 Å². The predicted molar refractivity (Wildman–Crippen MR) is 99.5 cm³/mol. The van der Waals surface area contributed by atoms with Crippen molar-refractivity contribution in [3.63, 3.8) is 0 Å². The van der Waals surface area contributed by atoms with Gasteiger partial charge in [0.05, 0.1) is 18.1 Å². The molecule has 0 aliphatic rings. The second-order valence-corrected chi connectivity index (χ2v) is 5.99. The molecule has 1 amide bonds. The monoisotopic (exact) mass is 358 g/mol. The van der Waals surface area contributed by atoms with E-state index in [1.54, 1.807) is 7.11 Å². The van der Waals surface area contributed by atoms with Gasteiger partial charge >= 0.3 is 0 Å². The minimum absolute atomic E-state index is 0.0173. The molecule has 0 fully saturated rings. The molecule has 2 aromatic rings. The molecule has 3 N–H and O–H groups in total. The SMILES string of the molecule is COc1ccc(C(CNc2ccc(C(N)=O)cc2[N+](=O)[O-])N(C)C)cc1. The Bertz CT molecular complexity index is 790. The van der Waals surface area contributed by atoms with E-state index in [4.69, 9.17) is 10.5 Å². The summed E-state index contributed by atoms with van der Waals surface area (Å²) in [5.41, 5.74) is 6.48. The van der Waals surface area contributed by atoms with Crippen LogP contribution in [-0.4, -0.2) is 43.5 Å². The van der Waals surface area contributed by atoms with Crippen molar-refractivity contribution in [3.8, 4) is 5.75 Å². The second kappa shape index (κ2) is 8.30. The number of amides is 1. The van der Waals surface area contributed by atoms with Gasteiger partial charge in [-0.05, 0) is 43.9 Å². The van der Waals surface area contributed by atoms with Crippen molar-refractivity contribution >= 4 is 17.3 Å². The lowest BCUT2D eigenvalue weighted by Crippen LogP contribution is -2.27. The van der Waals surface area contributed by atoms with Gasteiger partial charge in [0.1, 0.15) is 11.4 Å². The van der Waals surface area contributed by atoms with Crippen LogP contribution in [0.2, 0.25) is 0 Å². The molecule has 0 radical (unpaired) electrons. The van der Waals surface area contributed by atoms with Crippen LogP contribution in [0, 0.1) is 10.1 Å². The molecule has 0 spiro atoms. The van der Waals surface area contributed by atoms with Crippen LogP contribution >= 0.6 is 0 Å². The van der Waals surface area contributed by atoms with Gasteiger partial charge in [0.15, 0.2) is 0 Å². The number of nitrogens with one attached hydrogen (secondary N) is 1. The van der Waals surface area contributed by atoms with Crippen molar-refractivity contribution in [2.24, 2.45) is 5.73 Å². The van der Waals surface area contributed by atoms with Crippen molar-refractivity contribution in [1.29, 1.82) is 0 Å². The largest absolute Gasteiger partial charge is 0.497 e. The highest BCUT2D eigenvalue weighted by Gasteiger charge is 2.19. The highest BCUT2D eigenvalue weighted by atomic mass is 16.6. The summed E-state index contributed by atoms with van der Waals surface area (Å²) < 4.78 is 5.17. The number of rotatable bonds is 8. The minimum atomic E-state index is -0.705. The van der Waals surface area contributed by atoms with E-state index in [1.807, 2.05) is 43.3 Å². The third-order valence-electron chi connectivity index (χ3n) is 4.09. The molecule has 138 valence electrons. The first-order valence-electron chi connectivity index (χ1n) is 7.96. The van der Waals surface area contributed by atoms with Gasteiger partial charge in [-0.15, -0.1) is 0 Å². The molecule has 0 saturated carbocycles. The number of benzene rings is 2. The van der Waals surface area contributed by atoms with E-state index in [-0.39, 0.29) is 17.3 Å². The van der Waals surface area contributed by atoms with Gasteiger partial charge in [0.25, 0.3) is 5.69 Å². The Morgan fingerprint density at radius 1 is 1.27 bits per heavy atom. The van der Waals surface area contributed by atoms with Gasteiger partial charge in [0, 0.05) is 18.2 Å². The molecule has 8 nitrogen and oxygen atoms in total. The fourth-order valence-corrected chi connectivity index (χ4v) is 2.62. The van der Waals surface area contributed by atoms with Crippen molar-refractivity contribution in [2.45, 2.75) is 6.04 Å². The van der Waals surface area contributed by atoms with Crippen LogP contribution in [0.4, 0.5) is 11.4 Å². The number of carbonyl (C=O) groups excluding carboxylic acids is 1. The number of primary amides is 1. The number of hydrogen-bond acceptors (Lipinski definition) is 6. The third-order valence-corrected chi connectivity index (χ3v) is 4.09. The Hall–Kier alpha value is -3.13. The van der Waals surface area contributed by atoms with Gasteiger partial charge in [-0.2, -0.15) is 0 Å². The molecule has 0 aliphatic heterocycles. The maximum atomic E-state index is 11.3. The van der Waals surface area contributed by atoms with Crippen molar-refractivity contribution < 1.29 is 14.5 Å². The van der Waals surface area contributed by atoms with Crippen LogP contribution in [0.5, 0.6) is 5.75 Å². The molecule has 0 heterocycles. The van der Waals surface area contributed by atoms with E-state index in [9.17, 15) is 14.9 Å². The fourth-order valence-electron chi connectivity index (χ4n) is 2.62. The van der Waals surface area contributed by atoms with E-state index in [0.29, 0.717) is 12.2 Å². The first-order chi connectivity index (χ1) is 12.3. The molecule has 2 rings (SSSR count). The number of nitro groups is 1. The van der Waals surface area contributed by atoms with Gasteiger partial charge < -0.3 is 20.7 Å². The van der Waals surface area contributed by atoms with Crippen LogP contribution in [0.3, 0.4) is 0 Å². The van der Waals surface area contributed by atoms with Gasteiger partial charge in [-0.25, -0.2) is 0 Å². The van der Waals surface area contributed by atoms with E-state index in [1.165, 1.54) is 18.2 Å². The Labute approximate surface area is 151 Å². The molecule has 1 unspecified atom stereocenters. The fraction of sp³-hybridized carbons (Fsp3) is 0.278. The topological polar surface area (TPSA) is 111 Å². The first-order valence-corrected chi connectivity index (χ1v) is 7.96. The Morgan fingerprint density at radius 3 is 2.42 bits per heavy atom. The minimum Gasteiger partial charge on any atom is -0.497 e.